The molecule has 2 aromatic heterocycles. The largest absolute Gasteiger partial charge is 0.507 e. The van der Waals surface area contributed by atoms with Crippen LogP contribution in [0.25, 0.3) is 44.2 Å². The normalized spacial score (nSPS) is 10.6. The van der Waals surface area contributed by atoms with Crippen molar-refractivity contribution in [3.63, 3.8) is 0 Å². The number of aryl methyl sites for hydroxylation is 4. The second-order valence-electron chi connectivity index (χ2n) is 9.12. The number of phenolic OH excluding ortho intramolecular Hbond substituents is 1. The van der Waals surface area contributed by atoms with Gasteiger partial charge in [0.1, 0.15) is 11.6 Å². The van der Waals surface area contributed by atoms with Crippen molar-refractivity contribution in [2.45, 2.75) is 20.8 Å². The number of hydrogen-bond acceptors (Lipinski definition) is 3. The number of para-hydroxylation sites is 1. The molecule has 37 heavy (non-hydrogen) atoms. The number of imidazole rings is 1. The minimum Gasteiger partial charge on any atom is -0.507 e. The maximum absolute atomic E-state index is 9.55. The number of fused-ring (bicyclic) bond motifs is 3. The van der Waals surface area contributed by atoms with Crippen molar-refractivity contribution in [3.05, 3.63) is 114 Å². The Hall–Kier alpha value is -3.79. The maximum Gasteiger partial charge on any atom is 0.143 e. The van der Waals surface area contributed by atoms with Crippen molar-refractivity contribution in [3.8, 4) is 28.4 Å². The topological polar surface area (TPSA) is 50.9 Å². The third-order valence-electron chi connectivity index (χ3n) is 6.39. The molecule has 0 fully saturated rings. The van der Waals surface area contributed by atoms with Crippen LogP contribution in [0.1, 0.15) is 16.7 Å². The summed E-state index contributed by atoms with van der Waals surface area (Å²) in [7, 11) is 1.90. The van der Waals surface area contributed by atoms with Crippen LogP contribution in [0.3, 0.4) is 0 Å². The Morgan fingerprint density at radius 1 is 0.757 bits per heavy atom. The molecule has 0 saturated heterocycles. The quantitative estimate of drug-likeness (QED) is 0.154. The summed E-state index contributed by atoms with van der Waals surface area (Å²) in [6.07, 6.45) is 5.47. The Labute approximate surface area is 231 Å². The molecule has 0 saturated carbocycles. The van der Waals surface area contributed by atoms with Gasteiger partial charge in [-0.1, -0.05) is 56.3 Å². The van der Waals surface area contributed by atoms with E-state index in [1.54, 1.807) is 18.3 Å². The van der Waals surface area contributed by atoms with Crippen molar-refractivity contribution in [2.24, 2.45) is 7.05 Å². The van der Waals surface area contributed by atoms with Crippen LogP contribution in [-0.4, -0.2) is 19.6 Å². The summed E-state index contributed by atoms with van der Waals surface area (Å²) in [4.78, 5) is 8.81. The number of aromatic nitrogens is 3. The second kappa shape index (κ2) is 11.1. The van der Waals surface area contributed by atoms with Gasteiger partial charge in [-0.3, -0.25) is 0 Å². The van der Waals surface area contributed by atoms with Gasteiger partial charge in [-0.05, 0) is 57.9 Å². The fourth-order valence-electron chi connectivity index (χ4n) is 4.71. The molecule has 2 heterocycles. The second-order valence-corrected chi connectivity index (χ2v) is 9.12. The number of hydrogen-bond donors (Lipinski definition) is 1. The van der Waals surface area contributed by atoms with E-state index in [2.05, 4.69) is 85.3 Å². The van der Waals surface area contributed by atoms with Gasteiger partial charge in [-0.25, -0.2) is 4.98 Å². The first-order valence-corrected chi connectivity index (χ1v) is 12.0. The molecular weight excluding hydrogens is 635 g/mol. The number of aromatic hydroxyl groups is 1. The van der Waals surface area contributed by atoms with Crippen LogP contribution >= 0.6 is 0 Å². The zero-order valence-electron chi connectivity index (χ0n) is 21.3. The number of phenols is 1. The van der Waals surface area contributed by atoms with Crippen LogP contribution in [0, 0.1) is 26.8 Å². The van der Waals surface area contributed by atoms with E-state index in [0.717, 1.165) is 28.2 Å². The molecule has 0 amide bonds. The van der Waals surface area contributed by atoms with E-state index < -0.39 is 0 Å². The molecule has 5 heteroatoms. The Bertz CT molecular complexity index is 1680. The number of nitrogens with zero attached hydrogens (tertiary/aromatic N) is 3. The number of pyridine rings is 1. The third-order valence-corrected chi connectivity index (χ3v) is 6.39. The predicted octanol–water partition coefficient (Wildman–Crippen LogP) is 7.57. The predicted molar refractivity (Wildman–Crippen MR) is 148 cm³/mol. The summed E-state index contributed by atoms with van der Waals surface area (Å²) in [5, 5.41) is 14.6. The summed E-state index contributed by atoms with van der Waals surface area (Å²) in [6.45, 7) is 6.36. The van der Waals surface area contributed by atoms with Crippen LogP contribution in [-0.2, 0) is 27.2 Å². The molecular formula is C32H28IrN3O-. The summed E-state index contributed by atoms with van der Waals surface area (Å²) in [5.74, 6) is 1.04. The zero-order valence-corrected chi connectivity index (χ0v) is 23.7. The fourth-order valence-corrected chi connectivity index (χ4v) is 4.71. The molecule has 0 spiro atoms. The van der Waals surface area contributed by atoms with Gasteiger partial charge in [0.05, 0.1) is 5.56 Å². The Kier molecular flexibility index (Phi) is 7.87. The minimum absolute atomic E-state index is 0. The number of rotatable bonds is 2. The molecule has 6 rings (SSSR count). The standard InChI is InChI=1S/C22H18N.C10H10N2O.Ir/c1-14-11-15(2)13-17(12-14)22-21-8-7-18-16(3)5-4-6-19(18)20(21)9-10-23-22;1-12-7-6-11-10(12)8-4-2-3-5-9(8)13;/h4-12H,1-3H3;2-7,13H,1H3;/q-1;;. The van der Waals surface area contributed by atoms with Crippen LogP contribution in [0.2, 0.25) is 0 Å². The summed E-state index contributed by atoms with van der Waals surface area (Å²) < 4.78 is 1.87. The number of benzene rings is 4. The van der Waals surface area contributed by atoms with Gasteiger partial charge in [0.15, 0.2) is 0 Å². The van der Waals surface area contributed by atoms with Crippen LogP contribution in [0.5, 0.6) is 5.75 Å². The minimum atomic E-state index is 0. The molecule has 0 bridgehead atoms. The van der Waals surface area contributed by atoms with Crippen molar-refractivity contribution in [2.75, 3.05) is 0 Å². The Morgan fingerprint density at radius 3 is 2.24 bits per heavy atom. The fraction of sp³-hybridized carbons (Fsp3) is 0.125. The van der Waals surface area contributed by atoms with Gasteiger partial charge in [-0.2, -0.15) is 0 Å². The average Bonchev–Trinajstić information content (AvgIpc) is 3.29. The summed E-state index contributed by atoms with van der Waals surface area (Å²) in [5.41, 5.74) is 6.54. The molecule has 187 valence electrons. The van der Waals surface area contributed by atoms with Gasteiger partial charge in [-0.15, -0.1) is 34.9 Å². The van der Waals surface area contributed by atoms with Crippen LogP contribution < -0.4 is 0 Å². The summed E-state index contributed by atoms with van der Waals surface area (Å²) >= 11 is 0. The van der Waals surface area contributed by atoms with E-state index in [0.29, 0.717) is 0 Å². The first kappa shape index (κ1) is 26.3. The van der Waals surface area contributed by atoms with E-state index in [-0.39, 0.29) is 25.9 Å². The van der Waals surface area contributed by atoms with Gasteiger partial charge < -0.3 is 14.7 Å². The van der Waals surface area contributed by atoms with Crippen molar-refractivity contribution in [1.82, 2.24) is 14.5 Å². The van der Waals surface area contributed by atoms with Crippen molar-refractivity contribution < 1.29 is 25.2 Å². The van der Waals surface area contributed by atoms with Crippen LogP contribution in [0.4, 0.5) is 0 Å². The van der Waals surface area contributed by atoms with Crippen molar-refractivity contribution in [1.29, 1.82) is 0 Å². The van der Waals surface area contributed by atoms with Gasteiger partial charge >= 0.3 is 0 Å². The molecule has 0 aliphatic rings. The first-order chi connectivity index (χ1) is 17.4. The van der Waals surface area contributed by atoms with Crippen LogP contribution in [0.15, 0.2) is 91.4 Å². The first-order valence-electron chi connectivity index (χ1n) is 12.0. The molecule has 4 nitrogen and oxygen atoms in total. The maximum atomic E-state index is 9.55. The van der Waals surface area contributed by atoms with E-state index in [1.165, 1.54) is 32.7 Å². The molecule has 4 aromatic carbocycles. The molecule has 0 unspecified atom stereocenters. The molecule has 0 aliphatic heterocycles. The van der Waals surface area contributed by atoms with E-state index in [1.807, 2.05) is 36.1 Å². The molecule has 0 atom stereocenters. The van der Waals surface area contributed by atoms with Gasteiger partial charge in [0, 0.05) is 45.7 Å². The van der Waals surface area contributed by atoms with E-state index in [9.17, 15) is 5.11 Å². The smallest absolute Gasteiger partial charge is 0.143 e. The van der Waals surface area contributed by atoms with Gasteiger partial charge in [0.2, 0.25) is 0 Å². The Morgan fingerprint density at radius 2 is 1.51 bits per heavy atom. The van der Waals surface area contributed by atoms with E-state index >= 15 is 0 Å². The zero-order chi connectivity index (χ0) is 25.2. The average molecular weight is 663 g/mol. The van der Waals surface area contributed by atoms with E-state index in [4.69, 9.17) is 0 Å². The summed E-state index contributed by atoms with van der Waals surface area (Å²) in [6, 6.07) is 27.9. The Balaban J connectivity index is 0.000000195. The van der Waals surface area contributed by atoms with Gasteiger partial charge in [0.25, 0.3) is 0 Å². The van der Waals surface area contributed by atoms with Crippen molar-refractivity contribution >= 4 is 21.5 Å². The SMILES string of the molecule is Cc1[c-]c(-c2nccc3c2ccc2c(C)cccc23)cc(C)c1.Cn1ccnc1-c1ccccc1O.[Ir]. The molecule has 1 radical (unpaired) electrons. The molecule has 6 aromatic rings. The molecule has 1 N–H and O–H groups in total. The third kappa shape index (κ3) is 5.34. The monoisotopic (exact) mass is 663 g/mol. The molecule has 0 aliphatic carbocycles.